The van der Waals surface area contributed by atoms with E-state index in [4.69, 9.17) is 5.14 Å². The molecule has 2 heterocycles. The molecule has 0 amide bonds. The molecule has 134 valence electrons. The van der Waals surface area contributed by atoms with E-state index in [2.05, 4.69) is 62.9 Å². The Morgan fingerprint density at radius 1 is 1.08 bits per heavy atom. The Hall–Kier alpha value is -2.22. The third-order valence-corrected chi connectivity index (χ3v) is 5.38. The summed E-state index contributed by atoms with van der Waals surface area (Å²) in [5, 5.41) is 7.06. The second-order valence-electron chi connectivity index (χ2n) is 5.71. The first-order valence-electron chi connectivity index (χ1n) is 8.00. The molecule has 0 radical (unpaired) electrons. The van der Waals surface area contributed by atoms with Crippen LogP contribution in [-0.4, -0.2) is 18.0 Å². The largest absolute Gasteiger partial charge is 0.348 e. The minimum Gasteiger partial charge on any atom is -0.348 e. The molecule has 2 aromatic carbocycles. The minimum absolute atomic E-state index is 0.109. The molecule has 5 nitrogen and oxygen atoms in total. The summed E-state index contributed by atoms with van der Waals surface area (Å²) in [5.41, 5.74) is 2.06. The Balaban J connectivity index is 0.000000152. The molecule has 0 aliphatic rings. The molecule has 2 aromatic heterocycles. The van der Waals surface area contributed by atoms with E-state index >= 15 is 0 Å². The lowest BCUT2D eigenvalue weighted by atomic mass is 10.2. The van der Waals surface area contributed by atoms with Crippen LogP contribution < -0.4 is 5.14 Å². The second-order valence-corrected chi connectivity index (χ2v) is 8.18. The summed E-state index contributed by atoms with van der Waals surface area (Å²) < 4.78 is 25.4. The standard InChI is InChI=1S/C10H10BrN.C9H8N2O2S/c1-2-12-6-5-8-7-9(11)3-4-10(8)12;10-14(12,13)8-3-4-9-7(6-8)2-1-5-11-9/h3-7H,2H2,1H3;1-6H,(H2,10,12,13). The Bertz CT molecular complexity index is 1170. The number of pyridine rings is 1. The van der Waals surface area contributed by atoms with Gasteiger partial charge in [0.15, 0.2) is 0 Å². The fourth-order valence-electron chi connectivity index (χ4n) is 2.68. The summed E-state index contributed by atoms with van der Waals surface area (Å²) in [6.07, 6.45) is 3.77. The zero-order chi connectivity index (χ0) is 18.7. The maximum absolute atomic E-state index is 11.0. The zero-order valence-corrected chi connectivity index (χ0v) is 16.5. The number of benzene rings is 2. The lowest BCUT2D eigenvalue weighted by molar-refractivity contribution is 0.598. The van der Waals surface area contributed by atoms with Crippen molar-refractivity contribution in [2.75, 3.05) is 0 Å². The molecular formula is C19H18BrN3O2S. The van der Waals surface area contributed by atoms with Crippen LogP contribution in [0.2, 0.25) is 0 Å². The van der Waals surface area contributed by atoms with Crippen molar-refractivity contribution in [1.82, 2.24) is 9.55 Å². The van der Waals surface area contributed by atoms with Gasteiger partial charge < -0.3 is 4.57 Å². The first-order valence-corrected chi connectivity index (χ1v) is 10.3. The van der Waals surface area contributed by atoms with Gasteiger partial charge in [0.1, 0.15) is 0 Å². The van der Waals surface area contributed by atoms with Gasteiger partial charge in [0.25, 0.3) is 0 Å². The number of nitrogens with zero attached hydrogens (tertiary/aromatic N) is 2. The Kier molecular flexibility index (Phi) is 5.41. The highest BCUT2D eigenvalue weighted by molar-refractivity contribution is 9.10. The SMILES string of the molecule is CCn1ccc2cc(Br)ccc21.NS(=O)(=O)c1ccc2ncccc2c1. The van der Waals surface area contributed by atoms with Crippen LogP contribution in [-0.2, 0) is 16.6 Å². The van der Waals surface area contributed by atoms with Crippen LogP contribution in [0, 0.1) is 0 Å². The molecule has 2 N–H and O–H groups in total. The highest BCUT2D eigenvalue weighted by atomic mass is 79.9. The number of primary sulfonamides is 1. The highest BCUT2D eigenvalue weighted by Crippen LogP contribution is 2.20. The Labute approximate surface area is 160 Å². The van der Waals surface area contributed by atoms with Crippen LogP contribution >= 0.6 is 15.9 Å². The molecule has 0 saturated heterocycles. The van der Waals surface area contributed by atoms with E-state index in [9.17, 15) is 8.42 Å². The van der Waals surface area contributed by atoms with Gasteiger partial charge in [-0.05, 0) is 55.5 Å². The third kappa shape index (κ3) is 4.12. The quantitative estimate of drug-likeness (QED) is 0.513. The molecule has 0 aliphatic carbocycles. The van der Waals surface area contributed by atoms with Gasteiger partial charge in [0.05, 0.1) is 10.4 Å². The number of rotatable bonds is 2. The van der Waals surface area contributed by atoms with Crippen molar-refractivity contribution in [3.05, 3.63) is 71.5 Å². The molecule has 0 saturated carbocycles. The van der Waals surface area contributed by atoms with Crippen molar-refractivity contribution in [3.63, 3.8) is 0 Å². The number of fused-ring (bicyclic) bond motifs is 2. The summed E-state index contributed by atoms with van der Waals surface area (Å²) in [5.74, 6) is 0. The number of hydrogen-bond donors (Lipinski definition) is 1. The molecule has 0 bridgehead atoms. The fraction of sp³-hybridized carbons (Fsp3) is 0.105. The summed E-state index contributed by atoms with van der Waals surface area (Å²) in [6, 6.07) is 16.6. The molecule has 0 aliphatic heterocycles. The van der Waals surface area contributed by atoms with E-state index < -0.39 is 10.0 Å². The summed E-state index contributed by atoms with van der Waals surface area (Å²) in [6.45, 7) is 3.19. The molecule has 4 aromatic rings. The second kappa shape index (κ2) is 7.57. The number of aryl methyl sites for hydroxylation is 1. The fourth-order valence-corrected chi connectivity index (χ4v) is 3.61. The highest BCUT2D eigenvalue weighted by Gasteiger charge is 2.07. The number of nitrogens with two attached hydrogens (primary N) is 1. The van der Waals surface area contributed by atoms with Crippen molar-refractivity contribution >= 4 is 47.8 Å². The summed E-state index contributed by atoms with van der Waals surface area (Å²) in [7, 11) is -3.62. The summed E-state index contributed by atoms with van der Waals surface area (Å²) >= 11 is 3.45. The molecule has 0 spiro atoms. The lowest BCUT2D eigenvalue weighted by Gasteiger charge is -1.99. The first-order chi connectivity index (χ1) is 12.4. The van der Waals surface area contributed by atoms with Crippen molar-refractivity contribution in [3.8, 4) is 0 Å². The summed E-state index contributed by atoms with van der Waals surface area (Å²) in [4.78, 5) is 4.18. The van der Waals surface area contributed by atoms with Crippen LogP contribution in [0.15, 0.2) is 76.4 Å². The Morgan fingerprint density at radius 2 is 1.88 bits per heavy atom. The van der Waals surface area contributed by atoms with Gasteiger partial charge in [-0.3, -0.25) is 4.98 Å². The van der Waals surface area contributed by atoms with Crippen molar-refractivity contribution in [1.29, 1.82) is 0 Å². The molecule has 0 fully saturated rings. The van der Waals surface area contributed by atoms with Crippen LogP contribution in [0.5, 0.6) is 0 Å². The van der Waals surface area contributed by atoms with Crippen LogP contribution in [0.1, 0.15) is 6.92 Å². The van der Waals surface area contributed by atoms with Gasteiger partial charge >= 0.3 is 0 Å². The number of halogens is 1. The molecule has 7 heteroatoms. The number of hydrogen-bond acceptors (Lipinski definition) is 3. The molecule has 4 rings (SSSR count). The topological polar surface area (TPSA) is 78.0 Å². The molecule has 0 unspecified atom stereocenters. The molecular weight excluding hydrogens is 414 g/mol. The molecule has 0 atom stereocenters. The van der Waals surface area contributed by atoms with E-state index in [0.29, 0.717) is 0 Å². The van der Waals surface area contributed by atoms with Gasteiger partial charge in [-0.15, -0.1) is 0 Å². The smallest absolute Gasteiger partial charge is 0.238 e. The average Bonchev–Trinajstić information content (AvgIpc) is 3.03. The monoisotopic (exact) mass is 431 g/mol. The minimum atomic E-state index is -3.62. The van der Waals surface area contributed by atoms with Crippen LogP contribution in [0.4, 0.5) is 0 Å². The van der Waals surface area contributed by atoms with Crippen molar-refractivity contribution < 1.29 is 8.42 Å². The van der Waals surface area contributed by atoms with Crippen LogP contribution in [0.25, 0.3) is 21.8 Å². The van der Waals surface area contributed by atoms with E-state index in [1.807, 2.05) is 0 Å². The van der Waals surface area contributed by atoms with Crippen LogP contribution in [0.3, 0.4) is 0 Å². The first kappa shape index (κ1) is 18.6. The number of sulfonamides is 1. The maximum Gasteiger partial charge on any atom is 0.238 e. The predicted octanol–water partition coefficient (Wildman–Crippen LogP) is 4.31. The van der Waals surface area contributed by atoms with Crippen molar-refractivity contribution in [2.45, 2.75) is 18.4 Å². The van der Waals surface area contributed by atoms with Gasteiger partial charge in [0, 0.05) is 39.7 Å². The Morgan fingerprint density at radius 3 is 2.62 bits per heavy atom. The van der Waals surface area contributed by atoms with E-state index in [-0.39, 0.29) is 4.90 Å². The molecule has 26 heavy (non-hydrogen) atoms. The van der Waals surface area contributed by atoms with Gasteiger partial charge in [-0.1, -0.05) is 22.0 Å². The van der Waals surface area contributed by atoms with Gasteiger partial charge in [-0.2, -0.15) is 0 Å². The van der Waals surface area contributed by atoms with E-state index in [0.717, 1.165) is 21.9 Å². The normalized spacial score (nSPS) is 11.3. The predicted molar refractivity (Wildman–Crippen MR) is 108 cm³/mol. The van der Waals surface area contributed by atoms with E-state index in [1.54, 1.807) is 24.4 Å². The average molecular weight is 432 g/mol. The van der Waals surface area contributed by atoms with Crippen molar-refractivity contribution in [2.24, 2.45) is 5.14 Å². The van der Waals surface area contributed by atoms with Gasteiger partial charge in [-0.25, -0.2) is 13.6 Å². The van der Waals surface area contributed by atoms with E-state index in [1.165, 1.54) is 23.0 Å². The number of aromatic nitrogens is 2. The van der Waals surface area contributed by atoms with Gasteiger partial charge in [0.2, 0.25) is 10.0 Å². The third-order valence-electron chi connectivity index (χ3n) is 3.98. The maximum atomic E-state index is 11.0. The lowest BCUT2D eigenvalue weighted by Crippen LogP contribution is -2.11. The zero-order valence-electron chi connectivity index (χ0n) is 14.1.